The highest BCUT2D eigenvalue weighted by atomic mass is 28.4. The predicted octanol–water partition coefficient (Wildman–Crippen LogP) is 2.10. The molecule has 0 aliphatic heterocycles. The van der Waals surface area contributed by atoms with Crippen LogP contribution in [0.2, 0.25) is 6.04 Å². The van der Waals surface area contributed by atoms with Crippen molar-refractivity contribution in [3.63, 3.8) is 0 Å². The molecule has 0 heterocycles. The van der Waals surface area contributed by atoms with E-state index in [4.69, 9.17) is 13.3 Å². The number of rotatable bonds is 13. The van der Waals surface area contributed by atoms with Crippen LogP contribution in [0.15, 0.2) is 35.3 Å². The van der Waals surface area contributed by atoms with E-state index in [0.29, 0.717) is 13.1 Å². The summed E-state index contributed by atoms with van der Waals surface area (Å²) in [6.45, 7) is 2.98. The summed E-state index contributed by atoms with van der Waals surface area (Å²) >= 11 is 0. The minimum absolute atomic E-state index is 0.187. The molecule has 1 aromatic carbocycles. The minimum atomic E-state index is -2.53. The summed E-state index contributed by atoms with van der Waals surface area (Å²) in [5.41, 5.74) is 1.08. The van der Waals surface area contributed by atoms with Crippen molar-refractivity contribution in [3.8, 4) is 0 Å². The fourth-order valence-electron chi connectivity index (χ4n) is 2.54. The first-order valence-corrected chi connectivity index (χ1v) is 10.6. The summed E-state index contributed by atoms with van der Waals surface area (Å²) in [5.74, 6) is 0. The van der Waals surface area contributed by atoms with Gasteiger partial charge in [-0.05, 0) is 25.3 Å². The van der Waals surface area contributed by atoms with Gasteiger partial charge in [-0.1, -0.05) is 30.3 Å². The van der Waals surface area contributed by atoms with Crippen LogP contribution in [0.1, 0.15) is 25.3 Å². The van der Waals surface area contributed by atoms with Gasteiger partial charge in [0.15, 0.2) is 0 Å². The molecule has 142 valence electrons. The molecule has 6 nitrogen and oxygen atoms in total. The van der Waals surface area contributed by atoms with E-state index in [1.165, 1.54) is 0 Å². The van der Waals surface area contributed by atoms with E-state index in [0.717, 1.165) is 24.4 Å². The molecule has 0 aliphatic carbocycles. The standard InChI is InChI=1S/C18H32N2O4Si/c1-16(21)13-20-18(11-8-12-25(22-2,23-3)24-4)15-19-14-17-9-6-5-7-10-17/h5-7,9-10,14,16,18,20-21H,8,11-13,15H2,1-4H3. The Balaban J connectivity index is 2.53. The van der Waals surface area contributed by atoms with Gasteiger partial charge in [-0.2, -0.15) is 0 Å². The predicted molar refractivity (Wildman–Crippen MR) is 103 cm³/mol. The Hall–Kier alpha value is -1.09. The molecule has 1 rings (SSSR count). The lowest BCUT2D eigenvalue weighted by atomic mass is 10.1. The van der Waals surface area contributed by atoms with E-state index in [2.05, 4.69) is 10.3 Å². The monoisotopic (exact) mass is 368 g/mol. The molecule has 0 aliphatic rings. The lowest BCUT2D eigenvalue weighted by Crippen LogP contribution is -2.43. The second-order valence-electron chi connectivity index (χ2n) is 6.05. The Morgan fingerprint density at radius 1 is 1.16 bits per heavy atom. The molecule has 7 heteroatoms. The largest absolute Gasteiger partial charge is 0.500 e. The van der Waals surface area contributed by atoms with Gasteiger partial charge in [0.2, 0.25) is 0 Å². The minimum Gasteiger partial charge on any atom is -0.392 e. The van der Waals surface area contributed by atoms with Gasteiger partial charge in [0, 0.05) is 46.2 Å². The third-order valence-corrected chi connectivity index (χ3v) is 6.87. The number of aliphatic imine (C=N–C) groups is 1. The smallest absolute Gasteiger partial charge is 0.392 e. The second kappa shape index (κ2) is 12.3. The molecule has 0 saturated carbocycles. The molecule has 25 heavy (non-hydrogen) atoms. The van der Waals surface area contributed by atoms with Crippen molar-refractivity contribution in [2.75, 3.05) is 34.4 Å². The summed E-state index contributed by atoms with van der Waals surface area (Å²) in [4.78, 5) is 4.54. The Bertz CT molecular complexity index is 473. The maximum Gasteiger partial charge on any atom is 0.500 e. The Morgan fingerprint density at radius 2 is 1.80 bits per heavy atom. The lowest BCUT2D eigenvalue weighted by Gasteiger charge is -2.25. The van der Waals surface area contributed by atoms with Crippen molar-refractivity contribution in [1.29, 1.82) is 0 Å². The van der Waals surface area contributed by atoms with Gasteiger partial charge in [-0.25, -0.2) is 0 Å². The first-order chi connectivity index (χ1) is 12.0. The zero-order valence-corrected chi connectivity index (χ0v) is 16.8. The average molecular weight is 369 g/mol. The molecule has 2 N–H and O–H groups in total. The van der Waals surface area contributed by atoms with E-state index in [1.54, 1.807) is 28.3 Å². The molecule has 0 spiro atoms. The molecule has 0 amide bonds. The van der Waals surface area contributed by atoms with Crippen molar-refractivity contribution >= 4 is 15.0 Å². The zero-order valence-electron chi connectivity index (χ0n) is 15.8. The second-order valence-corrected chi connectivity index (χ2v) is 9.14. The first kappa shape index (κ1) is 21.9. The molecule has 0 bridgehead atoms. The number of hydrogen-bond acceptors (Lipinski definition) is 6. The molecule has 0 fully saturated rings. The molecular weight excluding hydrogens is 336 g/mol. The third-order valence-electron chi connectivity index (χ3n) is 4.04. The molecule has 0 saturated heterocycles. The Labute approximate surface area is 152 Å². The normalized spacial score (nSPS) is 14.8. The van der Waals surface area contributed by atoms with Gasteiger partial charge in [0.1, 0.15) is 0 Å². The van der Waals surface area contributed by atoms with Crippen LogP contribution in [0, 0.1) is 0 Å². The highest BCUT2D eigenvalue weighted by Gasteiger charge is 2.37. The van der Waals surface area contributed by atoms with Crippen molar-refractivity contribution in [1.82, 2.24) is 5.32 Å². The van der Waals surface area contributed by atoms with Gasteiger partial charge in [-0.15, -0.1) is 0 Å². The molecular formula is C18H32N2O4Si. The number of benzene rings is 1. The maximum atomic E-state index is 9.52. The molecule has 2 unspecified atom stereocenters. The zero-order chi connectivity index (χ0) is 18.5. The SMILES string of the molecule is CO[Si](CCCC(CN=Cc1ccccc1)NCC(C)O)(OC)OC. The van der Waals surface area contributed by atoms with Crippen LogP contribution in [-0.4, -0.2) is 66.7 Å². The van der Waals surface area contributed by atoms with Crippen LogP contribution >= 0.6 is 0 Å². The van der Waals surface area contributed by atoms with Crippen LogP contribution in [0.4, 0.5) is 0 Å². The molecule has 0 aromatic heterocycles. The molecule has 0 radical (unpaired) electrons. The van der Waals surface area contributed by atoms with Crippen molar-refractivity contribution in [2.24, 2.45) is 4.99 Å². The highest BCUT2D eigenvalue weighted by Crippen LogP contribution is 2.17. The van der Waals surface area contributed by atoms with Crippen LogP contribution in [0.3, 0.4) is 0 Å². The lowest BCUT2D eigenvalue weighted by molar-refractivity contribution is 0.122. The fourth-order valence-corrected chi connectivity index (χ4v) is 4.29. The summed E-state index contributed by atoms with van der Waals surface area (Å²) in [5, 5.41) is 12.9. The van der Waals surface area contributed by atoms with Crippen LogP contribution in [0.25, 0.3) is 0 Å². The van der Waals surface area contributed by atoms with E-state index in [1.807, 2.05) is 36.5 Å². The molecule has 2 atom stereocenters. The van der Waals surface area contributed by atoms with E-state index in [9.17, 15) is 5.11 Å². The van der Waals surface area contributed by atoms with Crippen molar-refractivity contribution in [3.05, 3.63) is 35.9 Å². The number of hydrogen-bond donors (Lipinski definition) is 2. The number of aliphatic hydroxyl groups is 1. The van der Waals surface area contributed by atoms with E-state index >= 15 is 0 Å². The quantitative estimate of drug-likeness (QED) is 0.412. The van der Waals surface area contributed by atoms with Crippen molar-refractivity contribution in [2.45, 2.75) is 38.0 Å². The number of nitrogens with zero attached hydrogens (tertiary/aromatic N) is 1. The highest BCUT2D eigenvalue weighted by molar-refractivity contribution is 6.60. The Morgan fingerprint density at radius 3 is 2.36 bits per heavy atom. The van der Waals surface area contributed by atoms with Gasteiger partial charge < -0.3 is 23.7 Å². The van der Waals surface area contributed by atoms with E-state index in [-0.39, 0.29) is 12.1 Å². The van der Waals surface area contributed by atoms with Gasteiger partial charge in [-0.3, -0.25) is 4.99 Å². The molecule has 1 aromatic rings. The summed E-state index contributed by atoms with van der Waals surface area (Å²) in [7, 11) is 2.37. The third kappa shape index (κ3) is 8.71. The van der Waals surface area contributed by atoms with E-state index < -0.39 is 8.80 Å². The summed E-state index contributed by atoms with van der Waals surface area (Å²) in [6.07, 6.45) is 3.31. The summed E-state index contributed by atoms with van der Waals surface area (Å²) < 4.78 is 16.4. The topological polar surface area (TPSA) is 72.3 Å². The number of nitrogens with one attached hydrogen (secondary N) is 1. The van der Waals surface area contributed by atoms with Gasteiger partial charge in [0.25, 0.3) is 0 Å². The Kier molecular flexibility index (Phi) is 10.8. The fraction of sp³-hybridized carbons (Fsp3) is 0.611. The first-order valence-electron chi connectivity index (χ1n) is 8.67. The van der Waals surface area contributed by atoms with Crippen LogP contribution in [0.5, 0.6) is 0 Å². The van der Waals surface area contributed by atoms with Crippen LogP contribution in [-0.2, 0) is 13.3 Å². The summed E-state index contributed by atoms with van der Waals surface area (Å²) in [6, 6.07) is 11.0. The van der Waals surface area contributed by atoms with Crippen molar-refractivity contribution < 1.29 is 18.4 Å². The average Bonchev–Trinajstić information content (AvgIpc) is 2.64. The number of aliphatic hydroxyl groups excluding tert-OH is 1. The maximum absolute atomic E-state index is 9.52. The van der Waals surface area contributed by atoms with Gasteiger partial charge in [0.05, 0.1) is 12.6 Å². The van der Waals surface area contributed by atoms with Crippen LogP contribution < -0.4 is 5.32 Å². The van der Waals surface area contributed by atoms with Gasteiger partial charge >= 0.3 is 8.80 Å².